The Morgan fingerprint density at radius 2 is 0.825 bits per heavy atom. The molecule has 0 radical (unpaired) electrons. The highest BCUT2D eigenvalue weighted by atomic mass is 32.2. The fourth-order valence-corrected chi connectivity index (χ4v) is 10.3. The van der Waals surface area contributed by atoms with Crippen LogP contribution in [0.25, 0.3) is 12.2 Å². The molecule has 0 fully saturated rings. The second-order valence-electron chi connectivity index (χ2n) is 15.7. The summed E-state index contributed by atoms with van der Waals surface area (Å²) in [6.45, 7) is -2.72. The van der Waals surface area contributed by atoms with Crippen LogP contribution in [0.1, 0.15) is 11.1 Å². The molecule has 0 aliphatic heterocycles. The normalized spacial score (nSPS) is 12.4. The van der Waals surface area contributed by atoms with Crippen LogP contribution in [0, 0.1) is 0 Å². The molecule has 34 nitrogen and oxygen atoms in total. The van der Waals surface area contributed by atoms with Gasteiger partial charge in [-0.15, -0.1) is 4.33 Å². The maximum absolute atomic E-state index is 12.9. The lowest BCUT2D eigenvalue weighted by atomic mass is 10.1. The van der Waals surface area contributed by atoms with Gasteiger partial charge >= 0.3 is 0 Å². The molecule has 0 aliphatic rings. The molecule has 0 aliphatic carbocycles. The van der Waals surface area contributed by atoms with Gasteiger partial charge in [-0.1, -0.05) is 29.3 Å². The number of hydrogen-bond donors (Lipinski definition) is 14. The van der Waals surface area contributed by atoms with E-state index in [1.165, 1.54) is 52.3 Å². The first-order valence-electron chi connectivity index (χ1n) is 21.8. The third-order valence-corrected chi connectivity index (χ3v) is 15.3. The van der Waals surface area contributed by atoms with Gasteiger partial charge in [0.15, 0.2) is 0 Å². The molecule has 0 atom stereocenters. The summed E-state index contributed by atoms with van der Waals surface area (Å²) >= 11 is 0.412. The van der Waals surface area contributed by atoms with Crippen LogP contribution in [0.2, 0.25) is 0 Å². The summed E-state index contributed by atoms with van der Waals surface area (Å²) in [5, 5.41) is 62.1. The number of aliphatic hydroxyl groups is 4. The van der Waals surface area contributed by atoms with E-state index in [-0.39, 0.29) is 71.4 Å². The van der Waals surface area contributed by atoms with Crippen LogP contribution in [0.15, 0.2) is 102 Å². The van der Waals surface area contributed by atoms with E-state index >= 15 is 0 Å². The van der Waals surface area contributed by atoms with Crippen molar-refractivity contribution in [3.05, 3.63) is 83.9 Å². The van der Waals surface area contributed by atoms with Gasteiger partial charge in [0, 0.05) is 42.4 Å². The van der Waals surface area contributed by atoms with Crippen molar-refractivity contribution in [2.75, 3.05) is 83.7 Å². The van der Waals surface area contributed by atoms with Crippen LogP contribution >= 0.6 is 12.0 Å². The zero-order valence-electron chi connectivity index (χ0n) is 40.1. The summed E-state index contributed by atoms with van der Waals surface area (Å²) in [6.07, 6.45) is 2.55. The van der Waals surface area contributed by atoms with Crippen molar-refractivity contribution in [3.8, 4) is 0 Å². The predicted octanol–water partition coefficient (Wildman–Crippen LogP) is 1.45. The lowest BCUT2D eigenvalue weighted by Crippen LogP contribution is -2.31. The van der Waals surface area contributed by atoms with Crippen LogP contribution in [-0.4, -0.2) is 173 Å². The average Bonchev–Trinajstić information content (AvgIpc) is 3.37. The summed E-state index contributed by atoms with van der Waals surface area (Å²) in [7, 11) is -25.1. The Bertz CT molecular complexity index is 3860. The van der Waals surface area contributed by atoms with Crippen LogP contribution in [0.5, 0.6) is 0 Å². The molecule has 14 N–H and O–H groups in total. The van der Waals surface area contributed by atoms with E-state index in [2.05, 4.69) is 60.5 Å². The Morgan fingerprint density at radius 1 is 0.450 bits per heavy atom. The number of nitrogens with zero attached hydrogens (tertiary/aromatic N) is 8. The Kier molecular flexibility index (Phi) is 20.3. The highest BCUT2D eigenvalue weighted by Crippen LogP contribution is 2.34. The molecule has 0 unspecified atom stereocenters. The Morgan fingerprint density at radius 3 is 1.20 bits per heavy atom. The van der Waals surface area contributed by atoms with E-state index in [9.17, 15) is 85.3 Å². The van der Waals surface area contributed by atoms with Gasteiger partial charge in [-0.25, -0.2) is 5.26 Å². The first kappa shape index (κ1) is 62.3. The molecule has 0 amide bonds. The molecule has 0 spiro atoms. The number of benzene rings is 4. The highest BCUT2D eigenvalue weighted by Gasteiger charge is 2.25. The van der Waals surface area contributed by atoms with Gasteiger partial charge in [0.25, 0.3) is 50.6 Å². The zero-order valence-corrected chi connectivity index (χ0v) is 45.0. The van der Waals surface area contributed by atoms with Crippen LogP contribution in [-0.2, 0) is 60.0 Å². The molecule has 0 bridgehead atoms. The van der Waals surface area contributed by atoms with Gasteiger partial charge in [-0.2, -0.15) is 72.0 Å². The standard InChI is InChI=1S/C40H44N12O22S6/c53-15-11-51(12-16-54)39-47-35(45-37(49-39)43-29-21-27(76(58,59)60)7-9-32(29)78(64,65)66)41-25-5-3-23(31(19-25)75-74-73-57)1-2-24-4-6-26(20-34(24)80(70,71)72)42-36-46-38(50-40(48-36)52(13-17-55)14-18-56)44-30-22-28(77(61,62)63)8-10-33(30)79(67,68)69/h1-10,19-22,53-57H,11-18H2,(H,58,59,60)(H,61,62,63)(H,64,65,66)(H,67,68,69)(H,70,71,72)(H2,41,43,45,47,49)(H2,42,44,46,48,50). The van der Waals surface area contributed by atoms with Crippen LogP contribution in [0.4, 0.5) is 58.4 Å². The minimum atomic E-state index is -5.10. The molecule has 0 saturated heterocycles. The molecule has 2 heterocycles. The van der Waals surface area contributed by atoms with Gasteiger partial charge in [-0.3, -0.25) is 22.8 Å². The minimum Gasteiger partial charge on any atom is -0.395 e. The van der Waals surface area contributed by atoms with E-state index in [1.54, 1.807) is 0 Å². The molecule has 80 heavy (non-hydrogen) atoms. The second-order valence-corrected chi connectivity index (χ2v) is 23.4. The summed E-state index contributed by atoms with van der Waals surface area (Å²) in [4.78, 5) is 23.7. The van der Waals surface area contributed by atoms with Crippen molar-refractivity contribution in [2.45, 2.75) is 29.4 Å². The Hall–Kier alpha value is -6.94. The molecular weight excluding hydrogens is 1190 g/mol. The third-order valence-electron chi connectivity index (χ3n) is 10.3. The van der Waals surface area contributed by atoms with Crippen LogP contribution in [0.3, 0.4) is 0 Å². The van der Waals surface area contributed by atoms with E-state index in [4.69, 9.17) is 5.26 Å². The zero-order chi connectivity index (χ0) is 58.8. The molecule has 6 rings (SSSR count). The largest absolute Gasteiger partial charge is 0.395 e. The van der Waals surface area contributed by atoms with Crippen molar-refractivity contribution in [3.63, 3.8) is 0 Å². The smallest absolute Gasteiger partial charge is 0.296 e. The minimum absolute atomic E-state index is 0.0987. The van der Waals surface area contributed by atoms with Gasteiger partial charge in [0.2, 0.25) is 35.7 Å². The molecule has 0 saturated carbocycles. The van der Waals surface area contributed by atoms with E-state index in [1.807, 2.05) is 0 Å². The second kappa shape index (κ2) is 26.1. The third kappa shape index (κ3) is 16.8. The van der Waals surface area contributed by atoms with Crippen molar-refractivity contribution >= 4 is 133 Å². The van der Waals surface area contributed by atoms with Crippen molar-refractivity contribution in [1.29, 1.82) is 0 Å². The fourth-order valence-electron chi connectivity index (χ4n) is 6.85. The molecule has 2 aromatic heterocycles. The van der Waals surface area contributed by atoms with Gasteiger partial charge in [0.1, 0.15) is 14.7 Å². The van der Waals surface area contributed by atoms with Gasteiger partial charge in [0.05, 0.1) is 59.6 Å². The molecule has 40 heteroatoms. The first-order valence-corrected chi connectivity index (χ1v) is 29.8. The van der Waals surface area contributed by atoms with Crippen molar-refractivity contribution in [1.82, 2.24) is 29.9 Å². The van der Waals surface area contributed by atoms with Gasteiger partial charge in [-0.05, 0) is 71.8 Å². The monoisotopic (exact) mass is 1240 g/mol. The number of rotatable bonds is 28. The van der Waals surface area contributed by atoms with Crippen molar-refractivity contribution < 1.29 is 99.9 Å². The lowest BCUT2D eigenvalue weighted by molar-refractivity contribution is -0.432. The highest BCUT2D eigenvalue weighted by molar-refractivity contribution is 7.94. The fraction of sp³-hybridized carbons (Fsp3) is 0.200. The summed E-state index contributed by atoms with van der Waals surface area (Å²) in [5.74, 6) is -2.44. The summed E-state index contributed by atoms with van der Waals surface area (Å²) in [6, 6.07) is 11.6. The molecule has 4 aromatic carbocycles. The number of aliphatic hydroxyl groups excluding tert-OH is 4. The van der Waals surface area contributed by atoms with E-state index < -0.39 is 131 Å². The van der Waals surface area contributed by atoms with E-state index in [0.717, 1.165) is 6.07 Å². The SMILES string of the molecule is O=S(=O)(O)c1ccc(S(=O)(=O)O)c(Nc2nc(Nc3ccc(C=Cc4ccc(Nc5nc(Nc6cc(S(=O)(=O)O)ccc6S(=O)(=O)O)nc(N(CCO)CCO)n5)cc4S(=O)(=O)O)c(SOOO)c3)nc(N(CCO)CCO)n2)c1. The maximum Gasteiger partial charge on any atom is 0.296 e. The number of hydrogen-bond acceptors (Lipinski definition) is 30. The van der Waals surface area contributed by atoms with Crippen molar-refractivity contribution in [2.24, 2.45) is 0 Å². The molecule has 6 aromatic rings. The summed E-state index contributed by atoms with van der Waals surface area (Å²) < 4.78 is 177. The first-order chi connectivity index (χ1) is 37.5. The topological polar surface area (TPSA) is 523 Å². The Balaban J connectivity index is 1.37. The average molecular weight is 1240 g/mol. The maximum atomic E-state index is 12.9. The molecule has 432 valence electrons. The predicted molar refractivity (Wildman–Crippen MR) is 280 cm³/mol. The quantitative estimate of drug-likeness (QED) is 0.0109. The van der Waals surface area contributed by atoms with Gasteiger partial charge < -0.3 is 51.5 Å². The van der Waals surface area contributed by atoms with Crippen LogP contribution < -0.4 is 31.1 Å². The lowest BCUT2D eigenvalue weighted by Gasteiger charge is -2.22. The number of nitrogens with one attached hydrogen (secondary N) is 4. The summed E-state index contributed by atoms with van der Waals surface area (Å²) in [5.41, 5.74) is -1.26. The molecular formula is C40H44N12O22S6. The number of aromatic nitrogens is 6. The Labute approximate surface area is 457 Å². The van der Waals surface area contributed by atoms with E-state index in [0.29, 0.717) is 48.4 Å². The number of anilines is 10.